The number of amides is 1. The van der Waals surface area contributed by atoms with Gasteiger partial charge in [-0.2, -0.15) is 0 Å². The van der Waals surface area contributed by atoms with Crippen molar-refractivity contribution in [3.05, 3.63) is 69.5 Å². The van der Waals surface area contributed by atoms with Crippen molar-refractivity contribution in [2.75, 3.05) is 49.6 Å². The molecule has 2 aliphatic rings. The zero-order valence-electron chi connectivity index (χ0n) is 20.2. The number of piperazine rings is 1. The van der Waals surface area contributed by atoms with Gasteiger partial charge in [-0.3, -0.25) is 18.9 Å². The molecule has 10 heteroatoms. The van der Waals surface area contributed by atoms with Gasteiger partial charge >= 0.3 is 0 Å². The van der Waals surface area contributed by atoms with Gasteiger partial charge in [0.15, 0.2) is 0 Å². The van der Waals surface area contributed by atoms with Crippen LogP contribution >= 0.6 is 24.0 Å². The maximum atomic E-state index is 13.6. The van der Waals surface area contributed by atoms with E-state index in [1.165, 1.54) is 16.2 Å². The van der Waals surface area contributed by atoms with E-state index in [2.05, 4.69) is 21.9 Å². The summed E-state index contributed by atoms with van der Waals surface area (Å²) in [7, 11) is 1.66. The summed E-state index contributed by atoms with van der Waals surface area (Å²) in [6.07, 6.45) is 4.19. The summed E-state index contributed by atoms with van der Waals surface area (Å²) in [5.41, 5.74) is 1.91. The van der Waals surface area contributed by atoms with Gasteiger partial charge in [0.25, 0.3) is 11.5 Å². The Morgan fingerprint density at radius 1 is 1.06 bits per heavy atom. The number of aromatic nitrogens is 2. The molecule has 0 spiro atoms. The number of benzene rings is 1. The van der Waals surface area contributed by atoms with E-state index in [1.54, 1.807) is 30.3 Å². The number of hydrogen-bond acceptors (Lipinski definition) is 8. The van der Waals surface area contributed by atoms with Gasteiger partial charge < -0.3 is 14.5 Å². The highest BCUT2D eigenvalue weighted by Gasteiger charge is 2.32. The SMILES string of the molecule is CCCN1C(=O)/C(=C/c2c(N3CCN(c4ccc(OC)cc4)CC3)nc3ccccn3c2=O)SC1=S. The fraction of sp³-hybridized carbons (Fsp3) is 0.308. The molecule has 0 unspecified atom stereocenters. The lowest BCUT2D eigenvalue weighted by molar-refractivity contribution is -0.122. The summed E-state index contributed by atoms with van der Waals surface area (Å²) in [5.74, 6) is 1.27. The van der Waals surface area contributed by atoms with Gasteiger partial charge in [-0.05, 0) is 48.9 Å². The highest BCUT2D eigenvalue weighted by molar-refractivity contribution is 8.26. The Kier molecular flexibility index (Phi) is 6.97. The summed E-state index contributed by atoms with van der Waals surface area (Å²) in [6, 6.07) is 13.5. The third-order valence-electron chi connectivity index (χ3n) is 6.36. The average Bonchev–Trinajstić information content (AvgIpc) is 3.18. The summed E-state index contributed by atoms with van der Waals surface area (Å²) in [6.45, 7) is 5.52. The molecule has 0 atom stereocenters. The summed E-state index contributed by atoms with van der Waals surface area (Å²) < 4.78 is 7.32. The van der Waals surface area contributed by atoms with E-state index in [9.17, 15) is 9.59 Å². The molecule has 2 aromatic heterocycles. The van der Waals surface area contributed by atoms with Crippen molar-refractivity contribution in [2.24, 2.45) is 0 Å². The lowest BCUT2D eigenvalue weighted by Crippen LogP contribution is -2.47. The van der Waals surface area contributed by atoms with Gasteiger partial charge in [0.2, 0.25) is 0 Å². The fourth-order valence-electron chi connectivity index (χ4n) is 4.48. The molecule has 0 aliphatic carbocycles. The van der Waals surface area contributed by atoms with Crippen molar-refractivity contribution < 1.29 is 9.53 Å². The Labute approximate surface area is 219 Å². The van der Waals surface area contributed by atoms with Gasteiger partial charge in [-0.1, -0.05) is 37.0 Å². The quantitative estimate of drug-likeness (QED) is 0.360. The Morgan fingerprint density at radius 3 is 2.47 bits per heavy atom. The number of thioether (sulfide) groups is 1. The first-order chi connectivity index (χ1) is 17.5. The molecule has 5 rings (SSSR count). The molecule has 36 heavy (non-hydrogen) atoms. The number of methoxy groups -OCH3 is 1. The van der Waals surface area contributed by atoms with Crippen molar-refractivity contribution in [1.82, 2.24) is 14.3 Å². The number of anilines is 2. The molecule has 1 amide bonds. The molecular weight excluding hydrogens is 494 g/mol. The van der Waals surface area contributed by atoms with Crippen LogP contribution in [0.5, 0.6) is 5.75 Å². The van der Waals surface area contributed by atoms with E-state index in [0.717, 1.165) is 30.9 Å². The van der Waals surface area contributed by atoms with Crippen molar-refractivity contribution in [3.63, 3.8) is 0 Å². The number of ether oxygens (including phenoxy) is 1. The molecule has 2 saturated heterocycles. The van der Waals surface area contributed by atoms with Crippen LogP contribution in [0.4, 0.5) is 11.5 Å². The van der Waals surface area contributed by atoms with Crippen LogP contribution < -0.4 is 20.1 Å². The molecule has 2 aliphatic heterocycles. The second kappa shape index (κ2) is 10.3. The molecule has 2 fully saturated rings. The predicted octanol–water partition coefficient (Wildman–Crippen LogP) is 3.64. The fourth-order valence-corrected chi connectivity index (χ4v) is 5.77. The van der Waals surface area contributed by atoms with Crippen LogP contribution in [-0.2, 0) is 4.79 Å². The lowest BCUT2D eigenvalue weighted by atomic mass is 10.2. The van der Waals surface area contributed by atoms with E-state index in [4.69, 9.17) is 21.9 Å². The van der Waals surface area contributed by atoms with Crippen LogP contribution in [0, 0.1) is 0 Å². The van der Waals surface area contributed by atoms with Gasteiger partial charge in [0, 0.05) is 44.6 Å². The average molecular weight is 522 g/mol. The number of rotatable bonds is 6. The Morgan fingerprint density at radius 2 is 1.78 bits per heavy atom. The van der Waals surface area contributed by atoms with E-state index < -0.39 is 0 Å². The molecule has 0 N–H and O–H groups in total. The first kappa shape index (κ1) is 24.3. The van der Waals surface area contributed by atoms with Crippen molar-refractivity contribution >= 4 is 57.4 Å². The molecule has 4 heterocycles. The molecule has 1 aromatic carbocycles. The maximum absolute atomic E-state index is 13.6. The third-order valence-corrected chi connectivity index (χ3v) is 7.74. The smallest absolute Gasteiger partial charge is 0.267 e. The minimum Gasteiger partial charge on any atom is -0.497 e. The Hall–Kier alpha value is -3.37. The molecule has 8 nitrogen and oxygen atoms in total. The first-order valence-corrected chi connectivity index (χ1v) is 13.1. The van der Waals surface area contributed by atoms with Crippen molar-refractivity contribution in [3.8, 4) is 5.75 Å². The Bertz CT molecular complexity index is 1390. The van der Waals surface area contributed by atoms with Gasteiger partial charge in [0.1, 0.15) is 21.5 Å². The number of carbonyl (C=O) groups excluding carboxylic acids is 1. The summed E-state index contributed by atoms with van der Waals surface area (Å²) >= 11 is 6.67. The molecule has 0 bridgehead atoms. The number of fused-ring (bicyclic) bond motifs is 1. The molecular formula is C26H27N5O3S2. The van der Waals surface area contributed by atoms with Crippen molar-refractivity contribution in [2.45, 2.75) is 13.3 Å². The van der Waals surface area contributed by atoms with Crippen LogP contribution in [-0.4, -0.2) is 64.3 Å². The number of thiocarbonyl (C=S) groups is 1. The lowest BCUT2D eigenvalue weighted by Gasteiger charge is -2.37. The molecule has 186 valence electrons. The number of pyridine rings is 1. The minimum atomic E-state index is -0.200. The van der Waals surface area contributed by atoms with E-state index in [-0.39, 0.29) is 11.5 Å². The molecule has 3 aromatic rings. The maximum Gasteiger partial charge on any atom is 0.267 e. The Balaban J connectivity index is 1.48. The zero-order chi connectivity index (χ0) is 25.2. The van der Waals surface area contributed by atoms with Gasteiger partial charge in [-0.25, -0.2) is 4.98 Å². The largest absolute Gasteiger partial charge is 0.497 e. The normalized spacial score (nSPS) is 17.5. The number of nitrogens with zero attached hydrogens (tertiary/aromatic N) is 5. The third kappa shape index (κ3) is 4.58. The van der Waals surface area contributed by atoms with Crippen LogP contribution in [0.3, 0.4) is 0 Å². The second-order valence-corrected chi connectivity index (χ2v) is 10.3. The highest BCUT2D eigenvalue weighted by Crippen LogP contribution is 2.34. The highest BCUT2D eigenvalue weighted by atomic mass is 32.2. The predicted molar refractivity (Wildman–Crippen MR) is 149 cm³/mol. The number of carbonyl (C=O) groups is 1. The first-order valence-electron chi connectivity index (χ1n) is 11.9. The topological polar surface area (TPSA) is 70.4 Å². The van der Waals surface area contributed by atoms with Gasteiger partial charge in [0.05, 0.1) is 17.6 Å². The summed E-state index contributed by atoms with van der Waals surface area (Å²) in [4.78, 5) is 38.0. The zero-order valence-corrected chi connectivity index (χ0v) is 21.8. The van der Waals surface area contributed by atoms with E-state index in [1.807, 2.05) is 31.2 Å². The monoisotopic (exact) mass is 521 g/mol. The van der Waals surface area contributed by atoms with Crippen molar-refractivity contribution in [1.29, 1.82) is 0 Å². The van der Waals surface area contributed by atoms with Crippen LogP contribution in [0.25, 0.3) is 11.7 Å². The van der Waals surface area contributed by atoms with Crippen LogP contribution in [0.2, 0.25) is 0 Å². The van der Waals surface area contributed by atoms with E-state index in [0.29, 0.717) is 45.9 Å². The van der Waals surface area contributed by atoms with Crippen LogP contribution in [0.1, 0.15) is 18.9 Å². The molecule has 0 radical (unpaired) electrons. The number of hydrogen-bond donors (Lipinski definition) is 0. The van der Waals surface area contributed by atoms with E-state index >= 15 is 0 Å². The summed E-state index contributed by atoms with van der Waals surface area (Å²) in [5, 5.41) is 0. The second-order valence-electron chi connectivity index (χ2n) is 8.59. The minimum absolute atomic E-state index is 0.153. The standard InChI is InChI=1S/C26H27N5O3S2/c1-3-11-31-25(33)21(36-26(31)35)17-20-23(27-22-6-4-5-12-30(22)24(20)32)29-15-13-28(14-16-29)18-7-9-19(34-2)10-8-18/h4-10,12,17H,3,11,13-16H2,1-2H3/b21-17-. The van der Waals surface area contributed by atoms with Crippen LogP contribution in [0.15, 0.2) is 58.4 Å². The molecule has 0 saturated carbocycles. The van der Waals surface area contributed by atoms with Gasteiger partial charge in [-0.15, -0.1) is 0 Å².